The van der Waals surface area contributed by atoms with Crippen molar-refractivity contribution in [1.29, 1.82) is 0 Å². The summed E-state index contributed by atoms with van der Waals surface area (Å²) in [6.07, 6.45) is 0. The van der Waals surface area contributed by atoms with E-state index >= 15 is 0 Å². The molecule has 0 radical (unpaired) electrons. The second-order valence-electron chi connectivity index (χ2n) is 6.69. The van der Waals surface area contributed by atoms with E-state index in [2.05, 4.69) is 0 Å². The van der Waals surface area contributed by atoms with Gasteiger partial charge in [-0.3, -0.25) is 9.36 Å². The molecule has 124 valence electrons. The van der Waals surface area contributed by atoms with Crippen molar-refractivity contribution in [3.05, 3.63) is 75.2 Å². The molecule has 1 aromatic heterocycles. The van der Waals surface area contributed by atoms with E-state index in [0.717, 1.165) is 16.7 Å². The van der Waals surface area contributed by atoms with Crippen LogP contribution in [-0.2, 0) is 5.41 Å². The summed E-state index contributed by atoms with van der Waals surface area (Å²) in [6.45, 7) is 5.65. The molecule has 0 fully saturated rings. The summed E-state index contributed by atoms with van der Waals surface area (Å²) in [4.78, 5) is 13.1. The highest BCUT2D eigenvalue weighted by Gasteiger charge is 2.25. The van der Waals surface area contributed by atoms with Crippen molar-refractivity contribution in [1.82, 2.24) is 4.57 Å². The summed E-state index contributed by atoms with van der Waals surface area (Å²) in [6, 6.07) is 10.4. The molecular weight excluding hydrogens is 332 g/mol. The van der Waals surface area contributed by atoms with Gasteiger partial charge < -0.3 is 0 Å². The lowest BCUT2D eigenvalue weighted by molar-refractivity contribution is 0.522. The number of hydrogen-bond acceptors (Lipinski definition) is 1. The van der Waals surface area contributed by atoms with E-state index in [1.165, 1.54) is 6.07 Å². The fraction of sp³-hybridized carbons (Fsp3) is 0.211. The van der Waals surface area contributed by atoms with E-state index in [0.29, 0.717) is 11.1 Å². The van der Waals surface area contributed by atoms with Gasteiger partial charge in [-0.15, -0.1) is 0 Å². The minimum absolute atomic E-state index is 0.245. The smallest absolute Gasteiger partial charge is 0.264 e. The van der Waals surface area contributed by atoms with Crippen molar-refractivity contribution in [2.75, 3.05) is 0 Å². The molecule has 0 N–H and O–H groups in total. The molecule has 0 spiro atoms. The summed E-state index contributed by atoms with van der Waals surface area (Å²) in [5, 5.41) is 1.14. The largest absolute Gasteiger partial charge is 0.274 e. The van der Waals surface area contributed by atoms with Crippen molar-refractivity contribution in [3.8, 4) is 5.69 Å². The molecule has 0 saturated carbocycles. The molecule has 0 aliphatic carbocycles. The second-order valence-corrected chi connectivity index (χ2v) is 7.10. The maximum absolute atomic E-state index is 14.4. The molecule has 0 bridgehead atoms. The van der Waals surface area contributed by atoms with Crippen LogP contribution in [0.3, 0.4) is 0 Å². The first-order valence-electron chi connectivity index (χ1n) is 7.51. The number of benzene rings is 2. The lowest BCUT2D eigenvalue weighted by Gasteiger charge is -2.25. The molecule has 0 amide bonds. The van der Waals surface area contributed by atoms with Crippen LogP contribution in [0.15, 0.2) is 47.3 Å². The van der Waals surface area contributed by atoms with Crippen LogP contribution in [0.2, 0.25) is 5.02 Å². The van der Waals surface area contributed by atoms with Gasteiger partial charge in [-0.1, -0.05) is 50.6 Å². The third-order valence-electron chi connectivity index (χ3n) is 3.93. The Kier molecular flexibility index (Phi) is 3.96. The Labute approximate surface area is 143 Å². The maximum Gasteiger partial charge on any atom is 0.264 e. The van der Waals surface area contributed by atoms with Crippen molar-refractivity contribution in [2.45, 2.75) is 26.2 Å². The number of fused-ring (bicyclic) bond motifs is 1. The minimum atomic E-state index is -0.797. The Balaban J connectivity index is 2.57. The SMILES string of the molecule is CC(C)(C)c1cc2cccc(Cl)c2c(=O)n1-c1c(F)cccc1F. The normalized spacial score (nSPS) is 11.9. The summed E-state index contributed by atoms with van der Waals surface area (Å²) in [5.41, 5.74) is -0.919. The molecule has 0 unspecified atom stereocenters. The van der Waals surface area contributed by atoms with Crippen molar-refractivity contribution in [3.63, 3.8) is 0 Å². The number of para-hydroxylation sites is 1. The van der Waals surface area contributed by atoms with Crippen LogP contribution in [0.4, 0.5) is 8.78 Å². The van der Waals surface area contributed by atoms with E-state index in [1.54, 1.807) is 24.3 Å². The van der Waals surface area contributed by atoms with Gasteiger partial charge in [-0.05, 0) is 29.7 Å². The monoisotopic (exact) mass is 347 g/mol. The Hall–Kier alpha value is -2.20. The number of aromatic nitrogens is 1. The number of nitrogens with zero attached hydrogens (tertiary/aromatic N) is 1. The van der Waals surface area contributed by atoms with Gasteiger partial charge in [0.15, 0.2) is 0 Å². The van der Waals surface area contributed by atoms with E-state index in [9.17, 15) is 13.6 Å². The van der Waals surface area contributed by atoms with Gasteiger partial charge in [-0.25, -0.2) is 8.78 Å². The fourth-order valence-electron chi connectivity index (χ4n) is 2.80. The van der Waals surface area contributed by atoms with Gasteiger partial charge in [0.05, 0.1) is 10.4 Å². The predicted molar refractivity (Wildman–Crippen MR) is 93.2 cm³/mol. The quantitative estimate of drug-likeness (QED) is 0.591. The van der Waals surface area contributed by atoms with Crippen LogP contribution < -0.4 is 5.56 Å². The predicted octanol–water partition coefficient (Wildman–Crippen LogP) is 5.22. The minimum Gasteiger partial charge on any atom is -0.274 e. The number of hydrogen-bond donors (Lipinski definition) is 0. The number of halogens is 3. The Morgan fingerprint density at radius 3 is 2.17 bits per heavy atom. The van der Waals surface area contributed by atoms with Crippen LogP contribution >= 0.6 is 11.6 Å². The Morgan fingerprint density at radius 2 is 1.58 bits per heavy atom. The zero-order valence-corrected chi connectivity index (χ0v) is 14.3. The zero-order chi connectivity index (χ0) is 17.6. The van der Waals surface area contributed by atoms with Gasteiger partial charge in [-0.2, -0.15) is 0 Å². The summed E-state index contributed by atoms with van der Waals surface area (Å²) in [7, 11) is 0. The summed E-state index contributed by atoms with van der Waals surface area (Å²) < 4.78 is 29.8. The molecule has 24 heavy (non-hydrogen) atoms. The first kappa shape index (κ1) is 16.7. The highest BCUT2D eigenvalue weighted by molar-refractivity contribution is 6.35. The van der Waals surface area contributed by atoms with Crippen LogP contribution in [0.5, 0.6) is 0 Å². The third kappa shape index (κ3) is 2.61. The van der Waals surface area contributed by atoms with Gasteiger partial charge in [0.1, 0.15) is 17.3 Å². The van der Waals surface area contributed by atoms with Crippen LogP contribution in [0.1, 0.15) is 26.5 Å². The van der Waals surface area contributed by atoms with E-state index in [1.807, 2.05) is 20.8 Å². The standard InChI is InChI=1S/C19H16ClF2NO/c1-19(2,3)15-10-11-6-4-7-12(20)16(11)18(24)23(15)17-13(21)8-5-9-14(17)22/h4-10H,1-3H3. The molecule has 3 aromatic rings. The second kappa shape index (κ2) is 5.71. The van der Waals surface area contributed by atoms with Gasteiger partial charge in [0.25, 0.3) is 5.56 Å². The van der Waals surface area contributed by atoms with E-state index in [-0.39, 0.29) is 16.1 Å². The lowest BCUT2D eigenvalue weighted by atomic mass is 9.89. The van der Waals surface area contributed by atoms with Gasteiger partial charge in [0, 0.05) is 11.1 Å². The zero-order valence-electron chi connectivity index (χ0n) is 13.5. The molecule has 0 aliphatic rings. The number of pyridine rings is 1. The van der Waals surface area contributed by atoms with E-state index in [4.69, 9.17) is 11.6 Å². The Bertz CT molecular complexity index is 982. The summed E-state index contributed by atoms with van der Waals surface area (Å²) in [5.74, 6) is -1.59. The molecule has 1 heterocycles. The van der Waals surface area contributed by atoms with Crippen molar-refractivity contribution in [2.24, 2.45) is 0 Å². The van der Waals surface area contributed by atoms with Crippen LogP contribution in [0, 0.1) is 11.6 Å². The summed E-state index contributed by atoms with van der Waals surface area (Å²) >= 11 is 6.17. The molecular formula is C19H16ClF2NO. The lowest BCUT2D eigenvalue weighted by Crippen LogP contribution is -2.30. The van der Waals surface area contributed by atoms with Crippen LogP contribution in [-0.4, -0.2) is 4.57 Å². The molecule has 0 atom stereocenters. The molecule has 2 nitrogen and oxygen atoms in total. The molecule has 0 saturated heterocycles. The molecule has 5 heteroatoms. The van der Waals surface area contributed by atoms with Gasteiger partial charge in [0.2, 0.25) is 0 Å². The fourth-order valence-corrected chi connectivity index (χ4v) is 3.06. The van der Waals surface area contributed by atoms with Crippen molar-refractivity contribution < 1.29 is 8.78 Å². The van der Waals surface area contributed by atoms with Crippen LogP contribution in [0.25, 0.3) is 16.5 Å². The third-order valence-corrected chi connectivity index (χ3v) is 4.24. The topological polar surface area (TPSA) is 22.0 Å². The van der Waals surface area contributed by atoms with Gasteiger partial charge >= 0.3 is 0 Å². The van der Waals surface area contributed by atoms with Crippen molar-refractivity contribution >= 4 is 22.4 Å². The maximum atomic E-state index is 14.4. The highest BCUT2D eigenvalue weighted by atomic mass is 35.5. The molecule has 2 aromatic carbocycles. The van der Waals surface area contributed by atoms with E-state index < -0.39 is 22.6 Å². The molecule has 0 aliphatic heterocycles. The Morgan fingerprint density at radius 1 is 1.00 bits per heavy atom. The highest BCUT2D eigenvalue weighted by Crippen LogP contribution is 2.30. The molecule has 3 rings (SSSR count). The first-order valence-corrected chi connectivity index (χ1v) is 7.89. The first-order chi connectivity index (χ1) is 11.2. The average Bonchev–Trinajstić information content (AvgIpc) is 2.47. The average molecular weight is 348 g/mol. The number of rotatable bonds is 1.